The van der Waals surface area contributed by atoms with Gasteiger partial charge in [-0.2, -0.15) is 0 Å². The zero-order chi connectivity index (χ0) is 11.0. The maximum Gasteiger partial charge on any atom is 0.331 e. The second-order valence-electron chi connectivity index (χ2n) is 3.64. The summed E-state index contributed by atoms with van der Waals surface area (Å²) in [6.45, 7) is 3.19. The van der Waals surface area contributed by atoms with Crippen LogP contribution in [0.3, 0.4) is 0 Å². The molecule has 0 aromatic carbocycles. The highest BCUT2D eigenvalue weighted by atomic mass is 16.6. The van der Waals surface area contributed by atoms with E-state index in [1.54, 1.807) is 0 Å². The zero-order valence-corrected chi connectivity index (χ0v) is 8.51. The van der Waals surface area contributed by atoms with Crippen molar-refractivity contribution >= 4 is 11.9 Å². The van der Waals surface area contributed by atoms with E-state index < -0.39 is 24.1 Å². The number of esters is 2. The van der Waals surface area contributed by atoms with Gasteiger partial charge in [0.1, 0.15) is 6.10 Å². The molecule has 0 aromatic rings. The van der Waals surface area contributed by atoms with Crippen LogP contribution in [0.4, 0.5) is 0 Å². The normalized spacial score (nSPS) is 38.4. The van der Waals surface area contributed by atoms with Gasteiger partial charge in [0.25, 0.3) is 0 Å². The third-order valence-corrected chi connectivity index (χ3v) is 2.38. The van der Waals surface area contributed by atoms with E-state index >= 15 is 0 Å². The highest BCUT2D eigenvalue weighted by Crippen LogP contribution is 2.31. The monoisotopic (exact) mass is 212 g/mol. The molecule has 1 saturated heterocycles. The molecule has 2 aliphatic rings. The van der Waals surface area contributed by atoms with Crippen LogP contribution in [0.1, 0.15) is 13.8 Å². The fourth-order valence-electron chi connectivity index (χ4n) is 1.62. The van der Waals surface area contributed by atoms with Crippen LogP contribution < -0.4 is 0 Å². The number of cyclic esters (lactones) is 1. The number of carbonyl (C=O) groups excluding carboxylic acids is 2. The van der Waals surface area contributed by atoms with E-state index in [4.69, 9.17) is 14.2 Å². The van der Waals surface area contributed by atoms with E-state index in [0.717, 1.165) is 0 Å². The lowest BCUT2D eigenvalue weighted by Gasteiger charge is -2.25. The SMILES string of the molecule is CC(=O)O[C@H]1C=CC(=O)O[C@H]1C1OC1C. The standard InChI is InChI=1S/C10H12O5/c1-5-9(13-5)10-7(14-6(2)11)3-4-8(12)15-10/h3-5,7,9-10H,1-2H3/t5?,7-,9?,10+/m0/s1. The Hall–Kier alpha value is -1.36. The minimum atomic E-state index is -0.532. The Morgan fingerprint density at radius 2 is 2.13 bits per heavy atom. The summed E-state index contributed by atoms with van der Waals surface area (Å²) in [6, 6.07) is 0. The molecular weight excluding hydrogens is 200 g/mol. The fraction of sp³-hybridized carbons (Fsp3) is 0.600. The molecule has 4 atom stereocenters. The number of rotatable bonds is 2. The van der Waals surface area contributed by atoms with Gasteiger partial charge in [0.15, 0.2) is 12.2 Å². The van der Waals surface area contributed by atoms with Crippen molar-refractivity contribution in [2.24, 2.45) is 0 Å². The highest BCUT2D eigenvalue weighted by molar-refractivity contribution is 5.83. The van der Waals surface area contributed by atoms with Crippen molar-refractivity contribution in [3.63, 3.8) is 0 Å². The second-order valence-corrected chi connectivity index (χ2v) is 3.64. The van der Waals surface area contributed by atoms with Gasteiger partial charge in [-0.15, -0.1) is 0 Å². The van der Waals surface area contributed by atoms with Crippen molar-refractivity contribution in [2.45, 2.75) is 38.3 Å². The third-order valence-electron chi connectivity index (χ3n) is 2.38. The van der Waals surface area contributed by atoms with E-state index in [1.807, 2.05) is 6.92 Å². The molecule has 0 N–H and O–H groups in total. The highest BCUT2D eigenvalue weighted by Gasteiger charge is 2.49. The third kappa shape index (κ3) is 2.18. The van der Waals surface area contributed by atoms with Crippen LogP contribution in [0.15, 0.2) is 12.2 Å². The molecule has 0 aromatic heterocycles. The molecule has 0 saturated carbocycles. The maximum atomic E-state index is 11.0. The fourth-order valence-corrected chi connectivity index (χ4v) is 1.62. The first-order valence-electron chi connectivity index (χ1n) is 4.79. The van der Waals surface area contributed by atoms with Gasteiger partial charge in [0, 0.05) is 13.0 Å². The molecular formula is C10H12O5. The summed E-state index contributed by atoms with van der Waals surface area (Å²) >= 11 is 0. The molecule has 2 aliphatic heterocycles. The molecule has 82 valence electrons. The lowest BCUT2D eigenvalue weighted by molar-refractivity contribution is -0.163. The summed E-state index contributed by atoms with van der Waals surface area (Å²) in [5.41, 5.74) is 0. The average Bonchev–Trinajstić information content (AvgIpc) is 2.85. The molecule has 5 nitrogen and oxygen atoms in total. The predicted molar refractivity (Wildman–Crippen MR) is 48.9 cm³/mol. The summed E-state index contributed by atoms with van der Waals surface area (Å²) in [6.07, 6.45) is 1.64. The molecule has 1 fully saturated rings. The van der Waals surface area contributed by atoms with E-state index in [1.165, 1.54) is 19.1 Å². The van der Waals surface area contributed by atoms with Crippen molar-refractivity contribution in [3.05, 3.63) is 12.2 Å². The van der Waals surface area contributed by atoms with Crippen LogP contribution in [0.5, 0.6) is 0 Å². The van der Waals surface area contributed by atoms with E-state index in [0.29, 0.717) is 0 Å². The lowest BCUT2D eigenvalue weighted by Crippen LogP contribution is -2.40. The molecule has 0 radical (unpaired) electrons. The number of ether oxygens (including phenoxy) is 3. The van der Waals surface area contributed by atoms with Crippen LogP contribution >= 0.6 is 0 Å². The average molecular weight is 212 g/mol. The van der Waals surface area contributed by atoms with Gasteiger partial charge in [-0.1, -0.05) is 0 Å². The van der Waals surface area contributed by atoms with Crippen LogP contribution in [0.25, 0.3) is 0 Å². The summed E-state index contributed by atoms with van der Waals surface area (Å²) in [4.78, 5) is 21.9. The van der Waals surface area contributed by atoms with Gasteiger partial charge < -0.3 is 14.2 Å². The van der Waals surface area contributed by atoms with Crippen molar-refractivity contribution in [1.82, 2.24) is 0 Å². The lowest BCUT2D eigenvalue weighted by atomic mass is 10.1. The van der Waals surface area contributed by atoms with Gasteiger partial charge in [0.05, 0.1) is 6.10 Å². The first kappa shape index (κ1) is 10.2. The minimum absolute atomic E-state index is 0.0485. The Labute approximate surface area is 87.0 Å². The Balaban J connectivity index is 2.07. The molecule has 5 heteroatoms. The number of hydrogen-bond acceptors (Lipinski definition) is 5. The minimum Gasteiger partial charge on any atom is -0.454 e. The first-order chi connectivity index (χ1) is 7.08. The smallest absolute Gasteiger partial charge is 0.331 e. The summed E-state index contributed by atoms with van der Waals surface area (Å²) in [5, 5.41) is 0. The Kier molecular flexibility index (Phi) is 2.48. The van der Waals surface area contributed by atoms with Crippen molar-refractivity contribution in [3.8, 4) is 0 Å². The molecule has 0 spiro atoms. The van der Waals surface area contributed by atoms with Crippen LogP contribution in [0, 0.1) is 0 Å². The van der Waals surface area contributed by atoms with Crippen LogP contribution in [-0.4, -0.2) is 36.4 Å². The Morgan fingerprint density at radius 1 is 1.47 bits per heavy atom. The maximum absolute atomic E-state index is 11.0. The molecule has 2 rings (SSSR count). The molecule has 0 amide bonds. The molecule has 0 bridgehead atoms. The van der Waals surface area contributed by atoms with Crippen molar-refractivity contribution < 1.29 is 23.8 Å². The van der Waals surface area contributed by atoms with Gasteiger partial charge in [0.2, 0.25) is 0 Å². The molecule has 15 heavy (non-hydrogen) atoms. The summed E-state index contributed by atoms with van der Waals surface area (Å²) in [7, 11) is 0. The van der Waals surface area contributed by atoms with Crippen LogP contribution in [0.2, 0.25) is 0 Å². The van der Waals surface area contributed by atoms with Gasteiger partial charge in [-0.3, -0.25) is 4.79 Å². The first-order valence-corrected chi connectivity index (χ1v) is 4.79. The van der Waals surface area contributed by atoms with E-state index in [9.17, 15) is 9.59 Å². The van der Waals surface area contributed by atoms with Crippen molar-refractivity contribution in [1.29, 1.82) is 0 Å². The number of hydrogen-bond donors (Lipinski definition) is 0. The predicted octanol–water partition coefficient (Wildman–Crippen LogP) is 0.187. The van der Waals surface area contributed by atoms with Gasteiger partial charge in [-0.25, -0.2) is 4.79 Å². The Bertz CT molecular complexity index is 322. The van der Waals surface area contributed by atoms with Gasteiger partial charge >= 0.3 is 11.9 Å². The zero-order valence-electron chi connectivity index (χ0n) is 8.51. The number of carbonyl (C=O) groups is 2. The molecule has 2 unspecified atom stereocenters. The van der Waals surface area contributed by atoms with E-state index in [2.05, 4.69) is 0 Å². The largest absolute Gasteiger partial charge is 0.454 e. The molecule has 2 heterocycles. The van der Waals surface area contributed by atoms with Crippen molar-refractivity contribution in [2.75, 3.05) is 0 Å². The molecule has 0 aliphatic carbocycles. The quantitative estimate of drug-likeness (QED) is 0.483. The topological polar surface area (TPSA) is 65.1 Å². The summed E-state index contributed by atoms with van der Waals surface area (Å²) in [5.74, 6) is -0.827. The second kappa shape index (κ2) is 3.66. The summed E-state index contributed by atoms with van der Waals surface area (Å²) < 4.78 is 15.3. The Morgan fingerprint density at radius 3 is 2.67 bits per heavy atom. The van der Waals surface area contributed by atoms with Crippen LogP contribution in [-0.2, 0) is 23.8 Å². The number of epoxide rings is 1. The van der Waals surface area contributed by atoms with E-state index in [-0.39, 0.29) is 12.2 Å². The van der Waals surface area contributed by atoms with Gasteiger partial charge in [-0.05, 0) is 13.0 Å².